The molecule has 2 nitrogen and oxygen atoms in total. The smallest absolute Gasteiger partial charge is 0.286 e. The Morgan fingerprint density at radius 2 is 1.45 bits per heavy atom. The van der Waals surface area contributed by atoms with Gasteiger partial charge in [0.05, 0.1) is 6.61 Å². The molecule has 126 valence electrons. The first-order chi connectivity index (χ1) is 10.1. The molecule has 0 aromatic heterocycles. The van der Waals surface area contributed by atoms with Crippen LogP contribution in [0.5, 0.6) is 11.5 Å². The maximum atomic E-state index is 13.8. The monoisotopic (exact) mass is 322 g/mol. The van der Waals surface area contributed by atoms with Crippen LogP contribution in [-0.2, 0) is 0 Å². The first-order valence-electron chi connectivity index (χ1n) is 7.21. The van der Waals surface area contributed by atoms with Crippen LogP contribution in [0.25, 0.3) is 0 Å². The third-order valence-corrected chi connectivity index (χ3v) is 3.27. The lowest BCUT2D eigenvalue weighted by Crippen LogP contribution is -2.39. The van der Waals surface area contributed by atoms with Crippen LogP contribution in [-0.4, -0.2) is 19.1 Å². The number of hydrogen-bond acceptors (Lipinski definition) is 2. The van der Waals surface area contributed by atoms with Gasteiger partial charge in [-0.1, -0.05) is 34.1 Å². The van der Waals surface area contributed by atoms with Gasteiger partial charge in [-0.15, -0.1) is 0 Å². The molecule has 0 radical (unpaired) electrons. The average molecular weight is 322 g/mol. The van der Waals surface area contributed by atoms with Crippen molar-refractivity contribution >= 4 is 0 Å². The van der Waals surface area contributed by atoms with Crippen molar-refractivity contribution < 1.29 is 27.0 Å². The topological polar surface area (TPSA) is 18.5 Å². The third kappa shape index (κ3) is 4.52. The van der Waals surface area contributed by atoms with E-state index in [-0.39, 0.29) is 12.4 Å². The van der Waals surface area contributed by atoms with Crippen molar-refractivity contribution in [1.29, 1.82) is 0 Å². The molecule has 0 heterocycles. The molecule has 0 saturated heterocycles. The van der Waals surface area contributed by atoms with E-state index in [9.17, 15) is 17.6 Å². The fourth-order valence-electron chi connectivity index (χ4n) is 1.45. The SMILES string of the molecule is CCCCOc1ccc(OCC(F)(F)C(C)(C)C)c(F)c1F. The highest BCUT2D eigenvalue weighted by Gasteiger charge is 2.44. The quantitative estimate of drug-likeness (QED) is 0.507. The minimum absolute atomic E-state index is 0.249. The van der Waals surface area contributed by atoms with E-state index >= 15 is 0 Å². The summed E-state index contributed by atoms with van der Waals surface area (Å²) in [6.07, 6.45) is 1.56. The van der Waals surface area contributed by atoms with Gasteiger partial charge in [-0.05, 0) is 18.6 Å². The number of rotatable bonds is 7. The third-order valence-electron chi connectivity index (χ3n) is 3.27. The number of unbranched alkanes of at least 4 members (excludes halogenated alkanes) is 1. The summed E-state index contributed by atoms with van der Waals surface area (Å²) in [5.41, 5.74) is -1.34. The molecule has 0 bridgehead atoms. The van der Waals surface area contributed by atoms with E-state index in [1.807, 2.05) is 6.92 Å². The molecule has 0 spiro atoms. The highest BCUT2D eigenvalue weighted by atomic mass is 19.3. The Balaban J connectivity index is 2.79. The van der Waals surface area contributed by atoms with Crippen molar-refractivity contribution in [3.63, 3.8) is 0 Å². The molecule has 0 amide bonds. The summed E-state index contributed by atoms with van der Waals surface area (Å²) in [6, 6.07) is 2.27. The molecule has 0 N–H and O–H groups in total. The molecule has 1 rings (SSSR count). The van der Waals surface area contributed by atoms with Gasteiger partial charge in [0.1, 0.15) is 0 Å². The number of benzene rings is 1. The van der Waals surface area contributed by atoms with Gasteiger partial charge >= 0.3 is 0 Å². The lowest BCUT2D eigenvalue weighted by molar-refractivity contribution is -0.124. The van der Waals surface area contributed by atoms with E-state index in [2.05, 4.69) is 0 Å². The number of hydrogen-bond donors (Lipinski definition) is 0. The zero-order valence-corrected chi connectivity index (χ0v) is 13.3. The second kappa shape index (κ2) is 7.20. The van der Waals surface area contributed by atoms with E-state index in [0.717, 1.165) is 12.5 Å². The molecular weight excluding hydrogens is 300 g/mol. The van der Waals surface area contributed by atoms with E-state index < -0.39 is 35.3 Å². The molecule has 1 aromatic rings. The van der Waals surface area contributed by atoms with Crippen molar-refractivity contribution in [2.75, 3.05) is 13.2 Å². The summed E-state index contributed by atoms with van der Waals surface area (Å²) < 4.78 is 65.0. The highest BCUT2D eigenvalue weighted by molar-refractivity contribution is 5.35. The Morgan fingerprint density at radius 3 is 1.91 bits per heavy atom. The lowest BCUT2D eigenvalue weighted by atomic mass is 9.88. The molecule has 22 heavy (non-hydrogen) atoms. The predicted octanol–water partition coefficient (Wildman–Crippen LogP) is 5.20. The molecule has 1 aromatic carbocycles. The van der Waals surface area contributed by atoms with Gasteiger partial charge in [0.25, 0.3) is 5.92 Å². The van der Waals surface area contributed by atoms with Gasteiger partial charge in [-0.2, -0.15) is 8.78 Å². The molecule has 0 atom stereocenters. The van der Waals surface area contributed by atoms with Gasteiger partial charge in [0, 0.05) is 5.41 Å². The van der Waals surface area contributed by atoms with Crippen molar-refractivity contribution in [2.24, 2.45) is 5.41 Å². The number of alkyl halides is 2. The minimum atomic E-state index is -3.17. The Labute approximate surface area is 128 Å². The van der Waals surface area contributed by atoms with Crippen LogP contribution in [0.2, 0.25) is 0 Å². The van der Waals surface area contributed by atoms with E-state index in [4.69, 9.17) is 9.47 Å². The largest absolute Gasteiger partial charge is 0.490 e. The van der Waals surface area contributed by atoms with Crippen molar-refractivity contribution in [3.8, 4) is 11.5 Å². The highest BCUT2D eigenvalue weighted by Crippen LogP contribution is 2.37. The zero-order valence-electron chi connectivity index (χ0n) is 13.3. The van der Waals surface area contributed by atoms with Gasteiger partial charge in [0.15, 0.2) is 18.1 Å². The fraction of sp³-hybridized carbons (Fsp3) is 0.625. The molecule has 0 aliphatic rings. The molecule has 0 saturated carbocycles. The van der Waals surface area contributed by atoms with Crippen LogP contribution < -0.4 is 9.47 Å². The molecule has 6 heteroatoms. The minimum Gasteiger partial charge on any atom is -0.490 e. The van der Waals surface area contributed by atoms with Crippen LogP contribution in [0.1, 0.15) is 40.5 Å². The normalized spacial score (nSPS) is 12.4. The number of ether oxygens (including phenoxy) is 2. The van der Waals surface area contributed by atoms with Crippen LogP contribution in [0.4, 0.5) is 17.6 Å². The Bertz CT molecular complexity index is 496. The Hall–Kier alpha value is -1.46. The lowest BCUT2D eigenvalue weighted by Gasteiger charge is -2.30. The summed E-state index contributed by atoms with van der Waals surface area (Å²) in [5, 5.41) is 0. The first-order valence-corrected chi connectivity index (χ1v) is 7.21. The van der Waals surface area contributed by atoms with Crippen LogP contribution >= 0.6 is 0 Å². The summed E-state index contributed by atoms with van der Waals surface area (Å²) in [5.74, 6) is -6.52. The molecule has 0 aliphatic carbocycles. The molecule has 0 fully saturated rings. The predicted molar refractivity (Wildman–Crippen MR) is 76.7 cm³/mol. The molecular formula is C16H22F4O2. The van der Waals surface area contributed by atoms with Gasteiger partial charge < -0.3 is 9.47 Å². The number of halogens is 4. The standard InChI is InChI=1S/C16H22F4O2/c1-5-6-9-21-11-7-8-12(14(18)13(11)17)22-10-16(19,20)15(2,3)4/h7-8H,5-6,9-10H2,1-4H3. The van der Waals surface area contributed by atoms with Gasteiger partial charge in [-0.25, -0.2) is 8.78 Å². The summed E-state index contributed by atoms with van der Waals surface area (Å²) in [7, 11) is 0. The second-order valence-electron chi connectivity index (χ2n) is 6.13. The van der Waals surface area contributed by atoms with Crippen molar-refractivity contribution in [2.45, 2.75) is 46.5 Å². The van der Waals surface area contributed by atoms with Crippen LogP contribution in [0.15, 0.2) is 12.1 Å². The summed E-state index contributed by atoms with van der Waals surface area (Å²) in [6.45, 7) is 5.21. The van der Waals surface area contributed by atoms with Crippen molar-refractivity contribution in [3.05, 3.63) is 23.8 Å². The first kappa shape index (κ1) is 18.6. The summed E-state index contributed by atoms with van der Waals surface area (Å²) >= 11 is 0. The molecule has 0 unspecified atom stereocenters. The van der Waals surface area contributed by atoms with E-state index in [1.54, 1.807) is 0 Å². The van der Waals surface area contributed by atoms with E-state index in [1.165, 1.54) is 26.8 Å². The van der Waals surface area contributed by atoms with Gasteiger partial charge in [0.2, 0.25) is 11.6 Å². The van der Waals surface area contributed by atoms with Crippen LogP contribution in [0.3, 0.4) is 0 Å². The van der Waals surface area contributed by atoms with Crippen molar-refractivity contribution in [1.82, 2.24) is 0 Å². The van der Waals surface area contributed by atoms with E-state index in [0.29, 0.717) is 6.42 Å². The zero-order chi connectivity index (χ0) is 17.0. The maximum Gasteiger partial charge on any atom is 0.286 e. The maximum absolute atomic E-state index is 13.8. The Kier molecular flexibility index (Phi) is 6.08. The molecule has 0 aliphatic heterocycles. The average Bonchev–Trinajstić information content (AvgIpc) is 2.41. The van der Waals surface area contributed by atoms with Gasteiger partial charge in [-0.3, -0.25) is 0 Å². The second-order valence-corrected chi connectivity index (χ2v) is 6.13. The van der Waals surface area contributed by atoms with Crippen LogP contribution in [0, 0.1) is 17.0 Å². The fourth-order valence-corrected chi connectivity index (χ4v) is 1.45. The summed E-state index contributed by atoms with van der Waals surface area (Å²) in [4.78, 5) is 0. The Morgan fingerprint density at radius 1 is 0.955 bits per heavy atom.